The Kier molecular flexibility index (Phi) is 3.83. The van der Waals surface area contributed by atoms with Crippen LogP contribution in [0, 0.1) is 0 Å². The number of rotatable bonds is 3. The fraction of sp³-hybridized carbons (Fsp3) is 0.125. The van der Waals surface area contributed by atoms with Crippen LogP contribution in [0.5, 0.6) is 0 Å². The van der Waals surface area contributed by atoms with Crippen molar-refractivity contribution >= 4 is 22.5 Å². The first-order valence-corrected chi connectivity index (χ1v) is 7.01. The van der Waals surface area contributed by atoms with Crippen molar-refractivity contribution in [3.05, 3.63) is 73.9 Å². The number of hydrogen-bond donors (Lipinski definition) is 1. The van der Waals surface area contributed by atoms with E-state index in [1.807, 2.05) is 18.2 Å². The van der Waals surface area contributed by atoms with Gasteiger partial charge in [-0.15, -0.1) is 0 Å². The molecule has 0 fully saturated rings. The molecule has 112 valence electrons. The van der Waals surface area contributed by atoms with Crippen LogP contribution in [-0.2, 0) is 11.3 Å². The highest BCUT2D eigenvalue weighted by atomic mass is 35.5. The molecule has 0 saturated heterocycles. The van der Waals surface area contributed by atoms with E-state index in [1.54, 1.807) is 31.4 Å². The van der Waals surface area contributed by atoms with Crippen molar-refractivity contribution in [1.82, 2.24) is 9.55 Å². The summed E-state index contributed by atoms with van der Waals surface area (Å²) in [7, 11) is 1.61. The second-order valence-electron chi connectivity index (χ2n) is 4.86. The summed E-state index contributed by atoms with van der Waals surface area (Å²) in [6, 6.07) is 12.2. The fourth-order valence-corrected chi connectivity index (χ4v) is 2.59. The number of nitrogens with zero attached hydrogens (tertiary/aromatic N) is 1. The minimum Gasteiger partial charge on any atom is -0.380 e. The normalized spacial score (nSPS) is 11.0. The van der Waals surface area contributed by atoms with Crippen LogP contribution >= 0.6 is 11.6 Å². The van der Waals surface area contributed by atoms with E-state index >= 15 is 0 Å². The maximum atomic E-state index is 12.3. The number of H-pyrrole nitrogens is 1. The minimum atomic E-state index is -0.505. The third kappa shape index (κ3) is 2.56. The summed E-state index contributed by atoms with van der Waals surface area (Å²) in [6.07, 6.45) is 0. The molecule has 3 aromatic rings. The highest BCUT2D eigenvalue weighted by Crippen LogP contribution is 2.19. The summed E-state index contributed by atoms with van der Waals surface area (Å²) < 4.78 is 6.54. The Hall–Kier alpha value is -2.37. The Balaban J connectivity index is 2.35. The van der Waals surface area contributed by atoms with Crippen LogP contribution in [0.1, 0.15) is 5.56 Å². The molecule has 0 radical (unpaired) electrons. The molecule has 0 atom stereocenters. The molecule has 0 aliphatic carbocycles. The van der Waals surface area contributed by atoms with E-state index < -0.39 is 11.2 Å². The number of fused-ring (bicyclic) bond motifs is 1. The lowest BCUT2D eigenvalue weighted by atomic mass is 10.2. The maximum absolute atomic E-state index is 12.3. The number of aromatic amines is 1. The smallest absolute Gasteiger partial charge is 0.333 e. The summed E-state index contributed by atoms with van der Waals surface area (Å²) in [6.45, 7) is 0.435. The lowest BCUT2D eigenvalue weighted by molar-refractivity contribution is 0.185. The van der Waals surface area contributed by atoms with Gasteiger partial charge >= 0.3 is 5.69 Å². The summed E-state index contributed by atoms with van der Waals surface area (Å²) in [5, 5.41) is 0.862. The Morgan fingerprint density at radius 2 is 2.00 bits per heavy atom. The van der Waals surface area contributed by atoms with E-state index in [4.69, 9.17) is 16.3 Å². The lowest BCUT2D eigenvalue weighted by Gasteiger charge is -2.11. The van der Waals surface area contributed by atoms with Crippen LogP contribution in [0.25, 0.3) is 16.6 Å². The van der Waals surface area contributed by atoms with Crippen molar-refractivity contribution in [2.24, 2.45) is 0 Å². The first-order chi connectivity index (χ1) is 10.6. The SMILES string of the molecule is COCc1cccc(-n2c(=O)[nH]c(=O)c3ccc(Cl)cc32)c1. The predicted molar refractivity (Wildman–Crippen MR) is 85.9 cm³/mol. The van der Waals surface area contributed by atoms with E-state index in [-0.39, 0.29) is 0 Å². The Morgan fingerprint density at radius 1 is 1.18 bits per heavy atom. The van der Waals surface area contributed by atoms with Crippen LogP contribution in [0.4, 0.5) is 0 Å². The Morgan fingerprint density at radius 3 is 2.77 bits per heavy atom. The molecule has 0 unspecified atom stereocenters. The molecule has 1 heterocycles. The molecule has 1 aromatic heterocycles. The van der Waals surface area contributed by atoms with Gasteiger partial charge in [0.1, 0.15) is 0 Å². The highest BCUT2D eigenvalue weighted by Gasteiger charge is 2.10. The molecule has 0 bridgehead atoms. The van der Waals surface area contributed by atoms with E-state index in [0.717, 1.165) is 5.56 Å². The number of nitrogens with one attached hydrogen (secondary N) is 1. The molecule has 2 aromatic carbocycles. The van der Waals surface area contributed by atoms with Crippen molar-refractivity contribution in [2.45, 2.75) is 6.61 Å². The zero-order chi connectivity index (χ0) is 15.7. The topological polar surface area (TPSA) is 64.1 Å². The van der Waals surface area contributed by atoms with Gasteiger partial charge in [0.15, 0.2) is 0 Å². The molecule has 0 aliphatic heterocycles. The first kappa shape index (κ1) is 14.6. The van der Waals surface area contributed by atoms with Crippen molar-refractivity contribution in [3.8, 4) is 5.69 Å². The molecule has 0 aliphatic rings. The number of benzene rings is 2. The van der Waals surface area contributed by atoms with Gasteiger partial charge < -0.3 is 4.74 Å². The number of hydrogen-bond acceptors (Lipinski definition) is 3. The zero-order valence-corrected chi connectivity index (χ0v) is 12.6. The second kappa shape index (κ2) is 5.79. The van der Waals surface area contributed by atoms with Gasteiger partial charge in [0.05, 0.1) is 23.2 Å². The van der Waals surface area contributed by atoms with Gasteiger partial charge in [-0.3, -0.25) is 14.3 Å². The van der Waals surface area contributed by atoms with Gasteiger partial charge in [0.2, 0.25) is 0 Å². The molecule has 0 spiro atoms. The minimum absolute atomic E-state index is 0.404. The maximum Gasteiger partial charge on any atom is 0.333 e. The van der Waals surface area contributed by atoms with Crippen molar-refractivity contribution in [3.63, 3.8) is 0 Å². The van der Waals surface area contributed by atoms with Gasteiger partial charge in [-0.1, -0.05) is 23.7 Å². The van der Waals surface area contributed by atoms with Crippen molar-refractivity contribution < 1.29 is 4.74 Å². The monoisotopic (exact) mass is 316 g/mol. The van der Waals surface area contributed by atoms with Crippen LogP contribution in [0.15, 0.2) is 52.1 Å². The molecule has 0 amide bonds. The van der Waals surface area contributed by atoms with Gasteiger partial charge in [0.25, 0.3) is 5.56 Å². The van der Waals surface area contributed by atoms with Crippen molar-refractivity contribution in [1.29, 1.82) is 0 Å². The Labute approximate surface area is 130 Å². The van der Waals surface area contributed by atoms with Crippen LogP contribution < -0.4 is 11.2 Å². The Bertz CT molecular complexity index is 959. The highest BCUT2D eigenvalue weighted by molar-refractivity contribution is 6.31. The molecule has 0 saturated carbocycles. The zero-order valence-electron chi connectivity index (χ0n) is 11.8. The number of ether oxygens (including phenoxy) is 1. The van der Waals surface area contributed by atoms with E-state index in [2.05, 4.69) is 4.98 Å². The van der Waals surface area contributed by atoms with Gasteiger partial charge in [-0.05, 0) is 35.9 Å². The quantitative estimate of drug-likeness (QED) is 0.807. The first-order valence-electron chi connectivity index (χ1n) is 6.63. The van der Waals surface area contributed by atoms with Gasteiger partial charge in [-0.2, -0.15) is 0 Å². The lowest BCUT2D eigenvalue weighted by Crippen LogP contribution is -2.29. The van der Waals surface area contributed by atoms with Crippen LogP contribution in [0.3, 0.4) is 0 Å². The van der Waals surface area contributed by atoms with E-state index in [0.29, 0.717) is 28.2 Å². The number of methoxy groups -OCH3 is 1. The predicted octanol–water partition coefficient (Wildman–Crippen LogP) is 2.48. The molecule has 6 heteroatoms. The van der Waals surface area contributed by atoms with Gasteiger partial charge in [-0.25, -0.2) is 4.79 Å². The van der Waals surface area contributed by atoms with Crippen molar-refractivity contribution in [2.75, 3.05) is 7.11 Å². The molecular weight excluding hydrogens is 304 g/mol. The summed E-state index contributed by atoms with van der Waals surface area (Å²) in [4.78, 5) is 26.5. The summed E-state index contributed by atoms with van der Waals surface area (Å²) in [5.41, 5.74) is 1.10. The molecular formula is C16H13ClN2O3. The molecule has 1 N–H and O–H groups in total. The summed E-state index contributed by atoms with van der Waals surface area (Å²) >= 11 is 6.02. The molecule has 3 rings (SSSR count). The third-order valence-electron chi connectivity index (χ3n) is 3.35. The third-order valence-corrected chi connectivity index (χ3v) is 3.58. The average Bonchev–Trinajstić information content (AvgIpc) is 2.47. The van der Waals surface area contributed by atoms with Gasteiger partial charge in [0, 0.05) is 12.1 Å². The number of aromatic nitrogens is 2. The molecule has 5 nitrogen and oxygen atoms in total. The molecule has 22 heavy (non-hydrogen) atoms. The average molecular weight is 317 g/mol. The number of halogens is 1. The standard InChI is InChI=1S/C16H13ClN2O3/c1-22-9-10-3-2-4-12(7-10)19-14-8-11(17)5-6-13(14)15(20)18-16(19)21/h2-8H,9H2,1H3,(H,18,20,21). The van der Waals surface area contributed by atoms with E-state index in [9.17, 15) is 9.59 Å². The van der Waals surface area contributed by atoms with E-state index in [1.165, 1.54) is 4.57 Å². The fourth-order valence-electron chi connectivity index (χ4n) is 2.42. The van der Waals surface area contributed by atoms with Crippen LogP contribution in [0.2, 0.25) is 5.02 Å². The largest absolute Gasteiger partial charge is 0.380 e. The van der Waals surface area contributed by atoms with Crippen LogP contribution in [-0.4, -0.2) is 16.7 Å². The summed E-state index contributed by atoms with van der Waals surface area (Å²) in [5.74, 6) is 0. The second-order valence-corrected chi connectivity index (χ2v) is 5.30.